The van der Waals surface area contributed by atoms with Gasteiger partial charge in [0.15, 0.2) is 11.4 Å². The van der Waals surface area contributed by atoms with Gasteiger partial charge in [-0.25, -0.2) is 9.37 Å². The molecule has 0 spiro atoms. The standard InChI is InChI=1S/C17H11ClFN3O2/c1-10(23)24-15-7-21-14(6-20)17-16(15)13(18)9-22(17)8-11-3-2-4-12(19)5-11/h2-5,7,9H,8H2,1H3. The molecule has 0 aliphatic heterocycles. The van der Waals surface area contributed by atoms with Gasteiger partial charge in [0, 0.05) is 19.7 Å². The summed E-state index contributed by atoms with van der Waals surface area (Å²) in [7, 11) is 0. The minimum Gasteiger partial charge on any atom is -0.424 e. The van der Waals surface area contributed by atoms with Crippen molar-refractivity contribution in [2.24, 2.45) is 0 Å². The van der Waals surface area contributed by atoms with Gasteiger partial charge in [0.2, 0.25) is 0 Å². The third-order valence-electron chi connectivity index (χ3n) is 3.42. The van der Waals surface area contributed by atoms with E-state index < -0.39 is 5.97 Å². The second-order valence-electron chi connectivity index (χ2n) is 5.13. The number of rotatable bonds is 3. The van der Waals surface area contributed by atoms with E-state index in [4.69, 9.17) is 16.3 Å². The van der Waals surface area contributed by atoms with Gasteiger partial charge >= 0.3 is 5.97 Å². The van der Waals surface area contributed by atoms with Crippen molar-refractivity contribution in [3.8, 4) is 11.8 Å². The average Bonchev–Trinajstić information content (AvgIpc) is 2.84. The summed E-state index contributed by atoms with van der Waals surface area (Å²) < 4.78 is 20.2. The molecule has 0 saturated carbocycles. The number of nitrogens with zero attached hydrogens (tertiary/aromatic N) is 3. The van der Waals surface area contributed by atoms with Crippen molar-refractivity contribution in [1.29, 1.82) is 5.26 Å². The third kappa shape index (κ3) is 2.94. The molecule has 0 saturated heterocycles. The molecule has 0 bridgehead atoms. The van der Waals surface area contributed by atoms with Gasteiger partial charge in [0.25, 0.3) is 0 Å². The molecule has 24 heavy (non-hydrogen) atoms. The lowest BCUT2D eigenvalue weighted by atomic mass is 10.2. The molecule has 7 heteroatoms. The maximum atomic E-state index is 13.4. The third-order valence-corrected chi connectivity index (χ3v) is 3.70. The molecule has 0 atom stereocenters. The number of hydrogen-bond donors (Lipinski definition) is 0. The van der Waals surface area contributed by atoms with E-state index in [0.29, 0.717) is 28.0 Å². The van der Waals surface area contributed by atoms with Gasteiger partial charge in [-0.1, -0.05) is 23.7 Å². The van der Waals surface area contributed by atoms with Crippen LogP contribution in [-0.2, 0) is 11.3 Å². The van der Waals surface area contributed by atoms with Gasteiger partial charge in [-0.2, -0.15) is 5.26 Å². The van der Waals surface area contributed by atoms with Crippen molar-refractivity contribution < 1.29 is 13.9 Å². The Morgan fingerprint density at radius 3 is 2.96 bits per heavy atom. The zero-order valence-corrected chi connectivity index (χ0v) is 13.3. The highest BCUT2D eigenvalue weighted by molar-refractivity contribution is 6.36. The fourth-order valence-electron chi connectivity index (χ4n) is 2.53. The van der Waals surface area contributed by atoms with E-state index in [1.165, 1.54) is 25.3 Å². The molecule has 0 fully saturated rings. The fourth-order valence-corrected chi connectivity index (χ4v) is 2.83. The molecule has 0 aliphatic carbocycles. The number of halogens is 2. The highest BCUT2D eigenvalue weighted by Gasteiger charge is 2.18. The summed E-state index contributed by atoms with van der Waals surface area (Å²) in [6.07, 6.45) is 2.90. The maximum Gasteiger partial charge on any atom is 0.308 e. The SMILES string of the molecule is CC(=O)Oc1cnc(C#N)c2c1c(Cl)cn2Cc1cccc(F)c1. The smallest absolute Gasteiger partial charge is 0.308 e. The van der Waals surface area contributed by atoms with Crippen LogP contribution in [0.15, 0.2) is 36.7 Å². The minimum atomic E-state index is -0.517. The summed E-state index contributed by atoms with van der Waals surface area (Å²) in [5.74, 6) is -0.689. The number of carbonyl (C=O) groups excluding carboxylic acids is 1. The van der Waals surface area contributed by atoms with Crippen LogP contribution in [0.3, 0.4) is 0 Å². The Labute approximate surface area is 141 Å². The first-order valence-electron chi connectivity index (χ1n) is 7.00. The van der Waals surface area contributed by atoms with Crippen LogP contribution in [0.1, 0.15) is 18.2 Å². The summed E-state index contributed by atoms with van der Waals surface area (Å²) in [4.78, 5) is 15.3. The van der Waals surface area contributed by atoms with Gasteiger partial charge in [-0.3, -0.25) is 4.79 Å². The number of carbonyl (C=O) groups is 1. The van der Waals surface area contributed by atoms with Crippen LogP contribution >= 0.6 is 11.6 Å². The number of hydrogen-bond acceptors (Lipinski definition) is 4. The van der Waals surface area contributed by atoms with Gasteiger partial charge in [-0.05, 0) is 17.7 Å². The molecule has 0 aliphatic rings. The van der Waals surface area contributed by atoms with E-state index in [1.54, 1.807) is 22.9 Å². The van der Waals surface area contributed by atoms with Crippen molar-refractivity contribution in [1.82, 2.24) is 9.55 Å². The van der Waals surface area contributed by atoms with Crippen LogP contribution in [0.2, 0.25) is 5.02 Å². The molecule has 120 valence electrons. The van der Waals surface area contributed by atoms with Gasteiger partial charge < -0.3 is 9.30 Å². The Bertz CT molecular complexity index is 991. The molecule has 0 N–H and O–H groups in total. The average molecular weight is 344 g/mol. The number of nitriles is 1. The Morgan fingerprint density at radius 1 is 1.50 bits per heavy atom. The molecule has 0 radical (unpaired) electrons. The summed E-state index contributed by atoms with van der Waals surface area (Å²) in [5.41, 5.74) is 1.28. The van der Waals surface area contributed by atoms with Crippen LogP contribution < -0.4 is 4.74 Å². The molecule has 5 nitrogen and oxygen atoms in total. The molecule has 0 amide bonds. The van der Waals surface area contributed by atoms with Gasteiger partial charge in [-0.15, -0.1) is 0 Å². The first-order chi connectivity index (χ1) is 11.5. The Hall–Kier alpha value is -2.91. The van der Waals surface area contributed by atoms with E-state index in [1.807, 2.05) is 6.07 Å². The van der Waals surface area contributed by atoms with E-state index in [0.717, 1.165) is 0 Å². The zero-order valence-electron chi connectivity index (χ0n) is 12.6. The van der Waals surface area contributed by atoms with Gasteiger partial charge in [0.05, 0.1) is 22.1 Å². The van der Waals surface area contributed by atoms with Crippen LogP contribution in [0.4, 0.5) is 4.39 Å². The fraction of sp³-hybridized carbons (Fsp3) is 0.118. The topological polar surface area (TPSA) is 67.9 Å². The van der Waals surface area contributed by atoms with E-state index in [-0.39, 0.29) is 17.3 Å². The number of aromatic nitrogens is 2. The molecule has 3 aromatic rings. The Balaban J connectivity index is 2.19. The molecule has 2 aromatic heterocycles. The van der Waals surface area contributed by atoms with Crippen molar-refractivity contribution in [3.63, 3.8) is 0 Å². The van der Waals surface area contributed by atoms with Crippen LogP contribution in [0.25, 0.3) is 10.9 Å². The number of ether oxygens (including phenoxy) is 1. The lowest BCUT2D eigenvalue weighted by molar-refractivity contribution is -0.131. The largest absolute Gasteiger partial charge is 0.424 e. The second-order valence-corrected chi connectivity index (χ2v) is 5.54. The van der Waals surface area contributed by atoms with E-state index in [9.17, 15) is 14.4 Å². The predicted molar refractivity (Wildman–Crippen MR) is 86.3 cm³/mol. The number of benzene rings is 1. The summed E-state index contributed by atoms with van der Waals surface area (Å²) in [6.45, 7) is 1.56. The second kappa shape index (κ2) is 6.30. The van der Waals surface area contributed by atoms with Gasteiger partial charge in [0.1, 0.15) is 11.9 Å². The molecule has 3 rings (SSSR count). The first-order valence-corrected chi connectivity index (χ1v) is 7.37. The van der Waals surface area contributed by atoms with E-state index in [2.05, 4.69) is 4.98 Å². The van der Waals surface area contributed by atoms with Crippen molar-refractivity contribution in [2.45, 2.75) is 13.5 Å². The molecular formula is C17H11ClFN3O2. The van der Waals surface area contributed by atoms with Crippen LogP contribution in [-0.4, -0.2) is 15.5 Å². The van der Waals surface area contributed by atoms with Crippen LogP contribution in [0, 0.1) is 17.1 Å². The molecule has 2 heterocycles. The lowest BCUT2D eigenvalue weighted by Crippen LogP contribution is -2.04. The predicted octanol–water partition coefficient (Wildman–Crippen LogP) is 3.67. The van der Waals surface area contributed by atoms with Crippen molar-refractivity contribution in [2.75, 3.05) is 0 Å². The summed E-state index contributed by atoms with van der Waals surface area (Å²) in [5, 5.41) is 10.1. The van der Waals surface area contributed by atoms with E-state index >= 15 is 0 Å². The van der Waals surface area contributed by atoms with Crippen molar-refractivity contribution >= 4 is 28.5 Å². The normalized spacial score (nSPS) is 10.6. The summed E-state index contributed by atoms with van der Waals surface area (Å²) in [6, 6.07) is 8.11. The lowest BCUT2D eigenvalue weighted by Gasteiger charge is -2.08. The Morgan fingerprint density at radius 2 is 2.29 bits per heavy atom. The first kappa shape index (κ1) is 16.0. The number of fused-ring (bicyclic) bond motifs is 1. The van der Waals surface area contributed by atoms with Crippen molar-refractivity contribution in [3.05, 3.63) is 58.8 Å². The molecule has 0 unspecified atom stereocenters. The minimum absolute atomic E-state index is 0.143. The van der Waals surface area contributed by atoms with Crippen LogP contribution in [0.5, 0.6) is 5.75 Å². The quantitative estimate of drug-likeness (QED) is 0.680. The Kier molecular flexibility index (Phi) is 4.19. The molecule has 1 aromatic carbocycles. The monoisotopic (exact) mass is 343 g/mol. The highest BCUT2D eigenvalue weighted by Crippen LogP contribution is 2.35. The maximum absolute atomic E-state index is 13.4. The molecular weight excluding hydrogens is 333 g/mol. The summed E-state index contributed by atoms with van der Waals surface area (Å²) >= 11 is 6.27. The number of pyridine rings is 1. The highest BCUT2D eigenvalue weighted by atomic mass is 35.5. The zero-order chi connectivity index (χ0) is 17.3. The number of esters is 1.